The summed E-state index contributed by atoms with van der Waals surface area (Å²) in [6, 6.07) is 6.03. The molecule has 2 aromatic rings. The Morgan fingerprint density at radius 3 is 2.90 bits per heavy atom. The maximum atomic E-state index is 6.32. The van der Waals surface area contributed by atoms with Gasteiger partial charge in [-0.15, -0.1) is 0 Å². The molecule has 4 unspecified atom stereocenters. The van der Waals surface area contributed by atoms with Crippen molar-refractivity contribution in [3.05, 3.63) is 41.8 Å². The molecule has 2 aromatic heterocycles. The van der Waals surface area contributed by atoms with Crippen molar-refractivity contribution < 1.29 is 4.52 Å². The molecule has 0 aliphatic heterocycles. The largest absolute Gasteiger partial charge is 0.339 e. The normalized spacial score (nSPS) is 31.9. The number of hydrogen-bond donors (Lipinski definition) is 1. The number of aromatic nitrogens is 3. The van der Waals surface area contributed by atoms with E-state index in [1.54, 1.807) is 6.20 Å². The Bertz CT molecular complexity index is 595. The van der Waals surface area contributed by atoms with Gasteiger partial charge >= 0.3 is 0 Å². The number of hydrogen-bond acceptors (Lipinski definition) is 5. The zero-order chi connectivity index (χ0) is 13.5. The van der Waals surface area contributed by atoms with Crippen molar-refractivity contribution in [1.82, 2.24) is 15.1 Å². The lowest BCUT2D eigenvalue weighted by Gasteiger charge is -2.24. The van der Waals surface area contributed by atoms with Crippen LogP contribution in [-0.2, 0) is 6.42 Å². The second-order valence-corrected chi connectivity index (χ2v) is 5.98. The van der Waals surface area contributed by atoms with E-state index in [0.29, 0.717) is 24.1 Å². The van der Waals surface area contributed by atoms with Crippen LogP contribution < -0.4 is 5.73 Å². The molecule has 0 amide bonds. The van der Waals surface area contributed by atoms with Crippen molar-refractivity contribution in [2.75, 3.05) is 0 Å². The van der Waals surface area contributed by atoms with Gasteiger partial charge in [0.1, 0.15) is 0 Å². The smallest absolute Gasteiger partial charge is 0.231 e. The summed E-state index contributed by atoms with van der Waals surface area (Å²) in [6.07, 6.45) is 6.13. The topological polar surface area (TPSA) is 77.8 Å². The summed E-state index contributed by atoms with van der Waals surface area (Å²) < 4.78 is 5.47. The van der Waals surface area contributed by atoms with Gasteiger partial charge in [-0.05, 0) is 43.2 Å². The molecule has 2 bridgehead atoms. The van der Waals surface area contributed by atoms with Gasteiger partial charge in [0.2, 0.25) is 5.89 Å². The van der Waals surface area contributed by atoms with Crippen LogP contribution in [0.1, 0.15) is 42.6 Å². The van der Waals surface area contributed by atoms with Gasteiger partial charge in [-0.3, -0.25) is 4.98 Å². The summed E-state index contributed by atoms with van der Waals surface area (Å²) in [7, 11) is 0. The third-order valence-corrected chi connectivity index (χ3v) is 4.81. The first-order valence-electron chi connectivity index (χ1n) is 7.29. The fraction of sp³-hybridized carbons (Fsp3) is 0.533. The predicted octanol–water partition coefficient (Wildman–Crippen LogP) is 1.90. The number of nitrogens with zero attached hydrogens (tertiary/aromatic N) is 3. The molecular weight excluding hydrogens is 252 g/mol. The first kappa shape index (κ1) is 12.0. The molecule has 0 aromatic carbocycles. The Labute approximate surface area is 117 Å². The Hall–Kier alpha value is -1.75. The van der Waals surface area contributed by atoms with Crippen LogP contribution in [0.15, 0.2) is 28.9 Å². The van der Waals surface area contributed by atoms with Gasteiger partial charge in [0.05, 0.1) is 12.3 Å². The van der Waals surface area contributed by atoms with Crippen LogP contribution in [0.3, 0.4) is 0 Å². The van der Waals surface area contributed by atoms with Crippen LogP contribution in [0.5, 0.6) is 0 Å². The van der Waals surface area contributed by atoms with Crippen LogP contribution in [0.4, 0.5) is 0 Å². The molecule has 104 valence electrons. The van der Waals surface area contributed by atoms with Gasteiger partial charge in [-0.25, -0.2) is 0 Å². The molecule has 4 rings (SSSR count). The molecule has 2 aliphatic rings. The first-order chi connectivity index (χ1) is 9.81. The van der Waals surface area contributed by atoms with Crippen molar-refractivity contribution in [1.29, 1.82) is 0 Å². The van der Waals surface area contributed by atoms with Crippen LogP contribution in [0.2, 0.25) is 0 Å². The van der Waals surface area contributed by atoms with Crippen LogP contribution in [0.25, 0.3) is 0 Å². The average Bonchev–Trinajstić information content (AvgIpc) is 3.16. The predicted molar refractivity (Wildman–Crippen MR) is 72.9 cm³/mol. The van der Waals surface area contributed by atoms with E-state index < -0.39 is 0 Å². The third kappa shape index (κ3) is 1.93. The van der Waals surface area contributed by atoms with E-state index in [1.807, 2.05) is 18.2 Å². The monoisotopic (exact) mass is 270 g/mol. The van der Waals surface area contributed by atoms with Crippen LogP contribution >= 0.6 is 0 Å². The van der Waals surface area contributed by atoms with E-state index in [-0.39, 0.29) is 12.0 Å². The molecule has 2 heterocycles. The van der Waals surface area contributed by atoms with Gasteiger partial charge < -0.3 is 10.3 Å². The molecule has 5 nitrogen and oxygen atoms in total. The molecule has 20 heavy (non-hydrogen) atoms. The molecule has 0 spiro atoms. The molecule has 2 N–H and O–H groups in total. The zero-order valence-corrected chi connectivity index (χ0v) is 11.3. The SMILES string of the molecule is NC1C2CCC(C2)C1c1nc(Cc2ccccn2)no1. The Morgan fingerprint density at radius 2 is 2.15 bits per heavy atom. The second kappa shape index (κ2) is 4.66. The molecule has 0 saturated heterocycles. The maximum Gasteiger partial charge on any atom is 0.231 e. The molecular formula is C15H18N4O. The van der Waals surface area contributed by atoms with E-state index in [9.17, 15) is 0 Å². The zero-order valence-electron chi connectivity index (χ0n) is 11.3. The van der Waals surface area contributed by atoms with E-state index in [4.69, 9.17) is 10.3 Å². The second-order valence-electron chi connectivity index (χ2n) is 5.98. The Kier molecular flexibility index (Phi) is 2.80. The lowest BCUT2D eigenvalue weighted by atomic mass is 9.85. The van der Waals surface area contributed by atoms with Gasteiger partial charge in [0.15, 0.2) is 5.82 Å². The summed E-state index contributed by atoms with van der Waals surface area (Å²) in [5.74, 6) is 2.98. The van der Waals surface area contributed by atoms with Crippen molar-refractivity contribution >= 4 is 0 Å². The number of pyridine rings is 1. The highest BCUT2D eigenvalue weighted by atomic mass is 16.5. The van der Waals surface area contributed by atoms with Crippen molar-refractivity contribution in [2.24, 2.45) is 17.6 Å². The first-order valence-corrected chi connectivity index (χ1v) is 7.29. The third-order valence-electron chi connectivity index (χ3n) is 4.81. The highest BCUT2D eigenvalue weighted by Gasteiger charge is 2.48. The highest BCUT2D eigenvalue weighted by molar-refractivity contribution is 5.14. The fourth-order valence-corrected chi connectivity index (χ4v) is 3.84. The lowest BCUT2D eigenvalue weighted by molar-refractivity contribution is 0.278. The maximum absolute atomic E-state index is 6.32. The molecule has 2 saturated carbocycles. The fourth-order valence-electron chi connectivity index (χ4n) is 3.84. The average molecular weight is 270 g/mol. The van der Waals surface area contributed by atoms with Crippen molar-refractivity contribution in [2.45, 2.75) is 37.6 Å². The van der Waals surface area contributed by atoms with E-state index in [1.165, 1.54) is 19.3 Å². The van der Waals surface area contributed by atoms with Gasteiger partial charge in [-0.2, -0.15) is 4.98 Å². The van der Waals surface area contributed by atoms with E-state index in [2.05, 4.69) is 15.1 Å². The minimum absolute atomic E-state index is 0.192. The molecule has 2 fully saturated rings. The summed E-state index contributed by atoms with van der Waals surface area (Å²) in [4.78, 5) is 8.85. The summed E-state index contributed by atoms with van der Waals surface area (Å²) >= 11 is 0. The van der Waals surface area contributed by atoms with Crippen molar-refractivity contribution in [3.63, 3.8) is 0 Å². The quantitative estimate of drug-likeness (QED) is 0.921. The van der Waals surface area contributed by atoms with E-state index >= 15 is 0 Å². The number of fused-ring (bicyclic) bond motifs is 2. The molecule has 5 heteroatoms. The minimum Gasteiger partial charge on any atom is -0.339 e. The Balaban J connectivity index is 1.54. The van der Waals surface area contributed by atoms with E-state index in [0.717, 1.165) is 11.6 Å². The van der Waals surface area contributed by atoms with Gasteiger partial charge in [-0.1, -0.05) is 11.2 Å². The molecule has 0 radical (unpaired) electrons. The molecule has 4 atom stereocenters. The van der Waals surface area contributed by atoms with Crippen LogP contribution in [0, 0.1) is 11.8 Å². The minimum atomic E-state index is 0.192. The summed E-state index contributed by atoms with van der Waals surface area (Å²) in [5, 5.41) is 4.09. The number of rotatable bonds is 3. The highest BCUT2D eigenvalue weighted by Crippen LogP contribution is 2.51. The van der Waals surface area contributed by atoms with Crippen molar-refractivity contribution in [3.8, 4) is 0 Å². The summed E-state index contributed by atoms with van der Waals surface area (Å²) in [6.45, 7) is 0. The summed E-state index contributed by atoms with van der Waals surface area (Å²) in [5.41, 5.74) is 7.27. The lowest BCUT2D eigenvalue weighted by Crippen LogP contribution is -2.34. The Morgan fingerprint density at radius 1 is 1.25 bits per heavy atom. The standard InChI is InChI=1S/C15H18N4O/c16-14-10-5-4-9(7-10)13(14)15-18-12(19-20-15)8-11-3-1-2-6-17-11/h1-3,6,9-10,13-14H,4-5,7-8,16H2. The van der Waals surface area contributed by atoms with Gasteiger partial charge in [0.25, 0.3) is 0 Å². The number of nitrogens with two attached hydrogens (primary N) is 1. The molecule has 2 aliphatic carbocycles. The van der Waals surface area contributed by atoms with Crippen LogP contribution in [-0.4, -0.2) is 21.2 Å². The van der Waals surface area contributed by atoms with Gasteiger partial charge in [0, 0.05) is 17.9 Å².